The Morgan fingerprint density at radius 2 is 2.00 bits per heavy atom. The molecule has 0 atom stereocenters. The lowest BCUT2D eigenvalue weighted by Gasteiger charge is -2.28. The van der Waals surface area contributed by atoms with Gasteiger partial charge < -0.3 is 10.5 Å². The lowest BCUT2D eigenvalue weighted by atomic mass is 9.91. The Balaban J connectivity index is 2.27. The third kappa shape index (κ3) is 2.38. The lowest BCUT2D eigenvalue weighted by molar-refractivity contribution is 0.117. The molecule has 2 N–H and O–H groups in total. The van der Waals surface area contributed by atoms with Gasteiger partial charge in [-0.25, -0.2) is 0 Å². The topological polar surface area (TPSA) is 35.2 Å². The van der Waals surface area contributed by atoms with E-state index in [2.05, 4.69) is 18.2 Å². The van der Waals surface area contributed by atoms with Crippen LogP contribution in [0.1, 0.15) is 37.8 Å². The summed E-state index contributed by atoms with van der Waals surface area (Å²) in [7, 11) is 0. The molecule has 0 saturated heterocycles. The molecule has 88 valence electrons. The summed E-state index contributed by atoms with van der Waals surface area (Å²) in [6.45, 7) is 4.61. The molecule has 0 bridgehead atoms. The van der Waals surface area contributed by atoms with Gasteiger partial charge in [0.1, 0.15) is 11.4 Å². The average Bonchev–Trinajstić information content (AvgIpc) is 2.29. The van der Waals surface area contributed by atoms with Crippen LogP contribution < -0.4 is 10.5 Å². The van der Waals surface area contributed by atoms with Gasteiger partial charge >= 0.3 is 0 Å². The summed E-state index contributed by atoms with van der Waals surface area (Å²) in [4.78, 5) is 0. The second kappa shape index (κ2) is 4.46. The van der Waals surface area contributed by atoms with Gasteiger partial charge in [-0.05, 0) is 56.7 Å². The molecule has 0 aromatic heterocycles. The van der Waals surface area contributed by atoms with Gasteiger partial charge in [0, 0.05) is 6.54 Å². The normalized spacial score (nSPS) is 15.7. The molecule has 1 aliphatic rings. The van der Waals surface area contributed by atoms with Crippen LogP contribution in [0.4, 0.5) is 0 Å². The van der Waals surface area contributed by atoms with E-state index in [9.17, 15) is 0 Å². The van der Waals surface area contributed by atoms with E-state index in [1.165, 1.54) is 30.4 Å². The van der Waals surface area contributed by atoms with Crippen molar-refractivity contribution in [2.75, 3.05) is 6.54 Å². The molecule has 1 aliphatic carbocycles. The minimum absolute atomic E-state index is 0.271. The van der Waals surface area contributed by atoms with E-state index in [0.29, 0.717) is 6.54 Å². The summed E-state index contributed by atoms with van der Waals surface area (Å²) in [6, 6.07) is 6.38. The Bertz CT molecular complexity index is 371. The van der Waals surface area contributed by atoms with Gasteiger partial charge in [-0.3, -0.25) is 0 Å². The van der Waals surface area contributed by atoms with E-state index in [0.717, 1.165) is 12.2 Å². The molecule has 0 aliphatic heterocycles. The van der Waals surface area contributed by atoms with Crippen molar-refractivity contribution in [1.82, 2.24) is 0 Å². The summed E-state index contributed by atoms with van der Waals surface area (Å²) in [5.74, 6) is 1.03. The zero-order valence-electron chi connectivity index (χ0n) is 10.3. The summed E-state index contributed by atoms with van der Waals surface area (Å²) in [5.41, 5.74) is 8.29. The monoisotopic (exact) mass is 219 g/mol. The number of rotatable bonds is 3. The molecular weight excluding hydrogens is 198 g/mol. The van der Waals surface area contributed by atoms with Crippen LogP contribution in [-0.2, 0) is 12.8 Å². The Morgan fingerprint density at radius 3 is 2.75 bits per heavy atom. The van der Waals surface area contributed by atoms with Crippen molar-refractivity contribution in [2.45, 2.75) is 45.1 Å². The van der Waals surface area contributed by atoms with Crippen molar-refractivity contribution < 1.29 is 4.74 Å². The fourth-order valence-corrected chi connectivity index (χ4v) is 2.18. The summed E-state index contributed by atoms with van der Waals surface area (Å²) in [6.07, 6.45) is 4.91. The van der Waals surface area contributed by atoms with Crippen LogP contribution in [0.3, 0.4) is 0 Å². The highest BCUT2D eigenvalue weighted by Crippen LogP contribution is 2.31. The lowest BCUT2D eigenvalue weighted by Crippen LogP contribution is -2.37. The fraction of sp³-hybridized carbons (Fsp3) is 0.571. The van der Waals surface area contributed by atoms with E-state index in [1.807, 2.05) is 13.8 Å². The van der Waals surface area contributed by atoms with Crippen molar-refractivity contribution in [2.24, 2.45) is 5.73 Å². The standard InChI is InChI=1S/C14H21NO/c1-14(2,10-15)16-13-9-5-7-11-6-3-4-8-12(11)13/h5,7,9H,3-4,6,8,10,15H2,1-2H3. The highest BCUT2D eigenvalue weighted by molar-refractivity contribution is 5.42. The van der Waals surface area contributed by atoms with Crippen molar-refractivity contribution in [3.63, 3.8) is 0 Å². The molecule has 0 amide bonds. The zero-order valence-corrected chi connectivity index (χ0v) is 10.3. The molecule has 2 heteroatoms. The Labute approximate surface area is 97.8 Å². The molecule has 2 nitrogen and oxygen atoms in total. The number of ether oxygens (including phenoxy) is 1. The number of hydrogen-bond donors (Lipinski definition) is 1. The number of benzene rings is 1. The first-order valence-electron chi connectivity index (χ1n) is 6.12. The summed E-state index contributed by atoms with van der Waals surface area (Å²) in [5, 5.41) is 0. The van der Waals surface area contributed by atoms with Gasteiger partial charge in [-0.1, -0.05) is 12.1 Å². The molecule has 0 spiro atoms. The number of hydrogen-bond acceptors (Lipinski definition) is 2. The number of fused-ring (bicyclic) bond motifs is 1. The first kappa shape index (κ1) is 11.5. The minimum atomic E-state index is -0.271. The molecule has 0 fully saturated rings. The van der Waals surface area contributed by atoms with Crippen LogP contribution >= 0.6 is 0 Å². The molecule has 0 radical (unpaired) electrons. The van der Waals surface area contributed by atoms with E-state index < -0.39 is 0 Å². The minimum Gasteiger partial charge on any atom is -0.486 e. The number of nitrogens with two attached hydrogens (primary N) is 1. The molecule has 1 aromatic carbocycles. The van der Waals surface area contributed by atoms with Crippen molar-refractivity contribution in [1.29, 1.82) is 0 Å². The SMILES string of the molecule is CC(C)(CN)Oc1cccc2c1CCCC2. The summed E-state index contributed by atoms with van der Waals surface area (Å²) >= 11 is 0. The maximum absolute atomic E-state index is 6.02. The highest BCUT2D eigenvalue weighted by atomic mass is 16.5. The van der Waals surface area contributed by atoms with E-state index >= 15 is 0 Å². The van der Waals surface area contributed by atoms with Crippen LogP contribution in [-0.4, -0.2) is 12.1 Å². The van der Waals surface area contributed by atoms with Gasteiger partial charge in [0.05, 0.1) is 0 Å². The number of aryl methyl sites for hydroxylation is 1. The molecular formula is C14H21NO. The molecule has 0 unspecified atom stereocenters. The third-order valence-electron chi connectivity index (χ3n) is 3.23. The first-order valence-corrected chi connectivity index (χ1v) is 6.12. The predicted octanol–water partition coefficient (Wildman–Crippen LogP) is 2.68. The van der Waals surface area contributed by atoms with Gasteiger partial charge in [0.15, 0.2) is 0 Å². The second-order valence-corrected chi connectivity index (χ2v) is 5.17. The summed E-state index contributed by atoms with van der Waals surface area (Å²) < 4.78 is 6.02. The molecule has 0 saturated carbocycles. The van der Waals surface area contributed by atoms with Crippen LogP contribution in [0, 0.1) is 0 Å². The van der Waals surface area contributed by atoms with Crippen LogP contribution in [0.2, 0.25) is 0 Å². The molecule has 2 rings (SSSR count). The second-order valence-electron chi connectivity index (χ2n) is 5.17. The van der Waals surface area contributed by atoms with E-state index in [1.54, 1.807) is 0 Å². The quantitative estimate of drug-likeness (QED) is 0.848. The maximum atomic E-state index is 6.02. The van der Waals surface area contributed by atoms with Crippen LogP contribution in [0.5, 0.6) is 5.75 Å². The fourth-order valence-electron chi connectivity index (χ4n) is 2.18. The van der Waals surface area contributed by atoms with Gasteiger partial charge in [-0.2, -0.15) is 0 Å². The van der Waals surface area contributed by atoms with E-state index in [-0.39, 0.29) is 5.60 Å². The Hall–Kier alpha value is -1.02. The average molecular weight is 219 g/mol. The Kier molecular flexibility index (Phi) is 3.20. The predicted molar refractivity (Wildman–Crippen MR) is 66.8 cm³/mol. The van der Waals surface area contributed by atoms with E-state index in [4.69, 9.17) is 10.5 Å². The van der Waals surface area contributed by atoms with Crippen molar-refractivity contribution >= 4 is 0 Å². The van der Waals surface area contributed by atoms with Crippen LogP contribution in [0.25, 0.3) is 0 Å². The van der Waals surface area contributed by atoms with Crippen molar-refractivity contribution in [3.8, 4) is 5.75 Å². The highest BCUT2D eigenvalue weighted by Gasteiger charge is 2.21. The molecule has 16 heavy (non-hydrogen) atoms. The van der Waals surface area contributed by atoms with Crippen LogP contribution in [0.15, 0.2) is 18.2 Å². The molecule has 1 aromatic rings. The smallest absolute Gasteiger partial charge is 0.123 e. The van der Waals surface area contributed by atoms with Gasteiger partial charge in [-0.15, -0.1) is 0 Å². The van der Waals surface area contributed by atoms with Crippen molar-refractivity contribution in [3.05, 3.63) is 29.3 Å². The van der Waals surface area contributed by atoms with Gasteiger partial charge in [0.2, 0.25) is 0 Å². The van der Waals surface area contributed by atoms with Gasteiger partial charge in [0.25, 0.3) is 0 Å². The molecule has 0 heterocycles. The first-order chi connectivity index (χ1) is 7.62. The maximum Gasteiger partial charge on any atom is 0.123 e. The largest absolute Gasteiger partial charge is 0.486 e. The Morgan fingerprint density at radius 1 is 1.25 bits per heavy atom. The third-order valence-corrected chi connectivity index (χ3v) is 3.23. The zero-order chi connectivity index (χ0) is 11.6.